The Kier molecular flexibility index (Phi) is 7.99. The van der Waals surface area contributed by atoms with Crippen LogP contribution in [0, 0.1) is 5.92 Å². The number of para-hydroxylation sites is 1. The minimum atomic E-state index is -0.259. The normalized spacial score (nSPS) is 16.8. The molecule has 1 aromatic heterocycles. The van der Waals surface area contributed by atoms with Gasteiger partial charge >= 0.3 is 0 Å². The van der Waals surface area contributed by atoms with Crippen LogP contribution in [0.3, 0.4) is 0 Å². The zero-order valence-electron chi connectivity index (χ0n) is 18.8. The second-order valence-corrected chi connectivity index (χ2v) is 9.81. The van der Waals surface area contributed by atoms with Gasteiger partial charge in [0.05, 0.1) is 4.88 Å². The monoisotopic (exact) mass is 469 g/mol. The van der Waals surface area contributed by atoms with E-state index < -0.39 is 0 Å². The molecule has 8 heteroatoms. The molecule has 2 N–H and O–H groups in total. The molecule has 2 aromatic rings. The van der Waals surface area contributed by atoms with Crippen molar-refractivity contribution < 1.29 is 19.1 Å². The zero-order chi connectivity index (χ0) is 23.0. The predicted molar refractivity (Wildman–Crippen MR) is 127 cm³/mol. The Balaban J connectivity index is 1.19. The van der Waals surface area contributed by atoms with Gasteiger partial charge in [-0.3, -0.25) is 25.2 Å². The number of piperidine rings is 1. The smallest absolute Gasteiger partial charge is 0.279 e. The van der Waals surface area contributed by atoms with E-state index in [1.165, 1.54) is 36.1 Å². The molecule has 3 amide bonds. The standard InChI is InChI=1S/C25H31N3O4S/c29-23(17-32-20-9-5-3-6-10-20)28-14-12-18(13-15-28)24(30)26-27-25(31)22-16-19-8-4-1-2-7-11-21(19)33-22/h3,5-6,9-10,16,18H,1-2,4,7-8,11-15,17H2,(H,26,30)(H,27,31). The van der Waals surface area contributed by atoms with Gasteiger partial charge in [0.1, 0.15) is 5.75 Å². The van der Waals surface area contributed by atoms with Crippen molar-refractivity contribution in [2.24, 2.45) is 5.92 Å². The predicted octanol–water partition coefficient (Wildman–Crippen LogP) is 3.49. The van der Waals surface area contributed by atoms with E-state index in [2.05, 4.69) is 10.9 Å². The number of nitrogens with zero attached hydrogens (tertiary/aromatic N) is 1. The first kappa shape index (κ1) is 23.3. The van der Waals surface area contributed by atoms with Crippen LogP contribution in [-0.4, -0.2) is 42.3 Å². The molecule has 1 fully saturated rings. The number of rotatable bonds is 5. The SMILES string of the molecule is O=C(NNC(=O)C1CCN(C(=O)COc2ccccc2)CC1)c1cc2c(s1)CCCCCC2. The molecule has 0 saturated carbocycles. The maximum Gasteiger partial charge on any atom is 0.279 e. The fourth-order valence-corrected chi connectivity index (χ4v) is 5.53. The van der Waals surface area contributed by atoms with E-state index in [0.29, 0.717) is 36.6 Å². The molecule has 7 nitrogen and oxygen atoms in total. The molecule has 4 rings (SSSR count). The number of ether oxygens (including phenoxy) is 1. The maximum absolute atomic E-state index is 12.6. The van der Waals surface area contributed by atoms with E-state index in [1.54, 1.807) is 16.2 Å². The highest BCUT2D eigenvalue weighted by molar-refractivity contribution is 7.14. The molecular weight excluding hydrogens is 438 g/mol. The number of aryl methyl sites for hydroxylation is 2. The van der Waals surface area contributed by atoms with E-state index in [0.717, 1.165) is 12.8 Å². The van der Waals surface area contributed by atoms with Crippen molar-refractivity contribution in [3.8, 4) is 5.75 Å². The molecule has 0 radical (unpaired) electrons. The Morgan fingerprint density at radius 1 is 0.970 bits per heavy atom. The number of carbonyl (C=O) groups is 3. The summed E-state index contributed by atoms with van der Waals surface area (Å²) in [7, 11) is 0. The molecular formula is C25H31N3O4S. The van der Waals surface area contributed by atoms with E-state index in [1.807, 2.05) is 36.4 Å². The van der Waals surface area contributed by atoms with Gasteiger partial charge in [0.25, 0.3) is 11.8 Å². The molecule has 2 aliphatic rings. The van der Waals surface area contributed by atoms with Crippen LogP contribution in [0.5, 0.6) is 5.75 Å². The Hall–Kier alpha value is -2.87. The van der Waals surface area contributed by atoms with Gasteiger partial charge in [0.2, 0.25) is 5.91 Å². The van der Waals surface area contributed by atoms with Gasteiger partial charge in [-0.2, -0.15) is 0 Å². The Morgan fingerprint density at radius 2 is 1.70 bits per heavy atom. The summed E-state index contributed by atoms with van der Waals surface area (Å²) in [6, 6.07) is 11.2. The number of hydrogen-bond donors (Lipinski definition) is 2. The third-order valence-electron chi connectivity index (χ3n) is 6.34. The van der Waals surface area contributed by atoms with Crippen LogP contribution in [0.15, 0.2) is 36.4 Å². The molecule has 33 heavy (non-hydrogen) atoms. The number of thiophene rings is 1. The van der Waals surface area contributed by atoms with Crippen LogP contribution >= 0.6 is 11.3 Å². The molecule has 0 spiro atoms. The quantitative estimate of drug-likeness (QED) is 0.657. The number of hydrazine groups is 1. The Bertz CT molecular complexity index is 942. The van der Waals surface area contributed by atoms with Crippen LogP contribution in [0.4, 0.5) is 0 Å². The first-order valence-corrected chi connectivity index (χ1v) is 12.6. The second kappa shape index (κ2) is 11.3. The molecule has 0 atom stereocenters. The third kappa shape index (κ3) is 6.35. The molecule has 2 heterocycles. The summed E-state index contributed by atoms with van der Waals surface area (Å²) in [6.07, 6.45) is 8.02. The lowest BCUT2D eigenvalue weighted by Gasteiger charge is -2.31. The number of likely N-dealkylation sites (tertiary alicyclic amines) is 1. The summed E-state index contributed by atoms with van der Waals surface area (Å²) < 4.78 is 5.53. The van der Waals surface area contributed by atoms with Crippen LogP contribution in [0.2, 0.25) is 0 Å². The maximum atomic E-state index is 12.6. The van der Waals surface area contributed by atoms with E-state index in [4.69, 9.17) is 4.74 Å². The fourth-order valence-electron chi connectivity index (χ4n) is 4.38. The van der Waals surface area contributed by atoms with Crippen molar-refractivity contribution in [1.82, 2.24) is 15.8 Å². The van der Waals surface area contributed by atoms with Crippen LogP contribution in [-0.2, 0) is 22.4 Å². The van der Waals surface area contributed by atoms with Gasteiger partial charge in [0, 0.05) is 23.9 Å². The van der Waals surface area contributed by atoms with Gasteiger partial charge < -0.3 is 9.64 Å². The minimum absolute atomic E-state index is 0.0122. The summed E-state index contributed by atoms with van der Waals surface area (Å²) in [4.78, 5) is 41.2. The van der Waals surface area contributed by atoms with Crippen molar-refractivity contribution in [2.75, 3.05) is 19.7 Å². The second-order valence-electron chi connectivity index (χ2n) is 8.67. The highest BCUT2D eigenvalue weighted by atomic mass is 32.1. The number of nitrogens with one attached hydrogen (secondary N) is 2. The molecule has 176 valence electrons. The molecule has 1 aliphatic carbocycles. The van der Waals surface area contributed by atoms with E-state index in [9.17, 15) is 14.4 Å². The summed E-state index contributed by atoms with van der Waals surface area (Å²) >= 11 is 1.54. The first-order valence-electron chi connectivity index (χ1n) is 11.8. The van der Waals surface area contributed by atoms with Gasteiger partial charge in [-0.1, -0.05) is 31.0 Å². The Morgan fingerprint density at radius 3 is 2.45 bits per heavy atom. The minimum Gasteiger partial charge on any atom is -0.484 e. The van der Waals surface area contributed by atoms with Crippen molar-refractivity contribution >= 4 is 29.1 Å². The summed E-state index contributed by atoms with van der Waals surface area (Å²) in [5.41, 5.74) is 6.45. The fraction of sp³-hybridized carbons (Fsp3) is 0.480. The third-order valence-corrected chi connectivity index (χ3v) is 7.58. The van der Waals surface area contributed by atoms with Crippen LogP contribution < -0.4 is 15.6 Å². The van der Waals surface area contributed by atoms with Crippen molar-refractivity contribution in [1.29, 1.82) is 0 Å². The lowest BCUT2D eigenvalue weighted by Crippen LogP contribution is -2.48. The van der Waals surface area contributed by atoms with Gasteiger partial charge in [0.15, 0.2) is 6.61 Å². The van der Waals surface area contributed by atoms with Crippen molar-refractivity contribution in [2.45, 2.75) is 51.4 Å². The van der Waals surface area contributed by atoms with Crippen LogP contribution in [0.1, 0.15) is 58.6 Å². The van der Waals surface area contributed by atoms with Crippen molar-refractivity contribution in [3.05, 3.63) is 51.7 Å². The molecule has 0 bridgehead atoms. The van der Waals surface area contributed by atoms with E-state index in [-0.39, 0.29) is 30.2 Å². The number of fused-ring (bicyclic) bond motifs is 1. The lowest BCUT2D eigenvalue weighted by atomic mass is 9.96. The molecule has 1 aromatic carbocycles. The van der Waals surface area contributed by atoms with Crippen molar-refractivity contribution in [3.63, 3.8) is 0 Å². The molecule has 1 aliphatic heterocycles. The number of carbonyl (C=O) groups excluding carboxylic acids is 3. The molecule has 0 unspecified atom stereocenters. The lowest BCUT2D eigenvalue weighted by molar-refractivity contribution is -0.137. The van der Waals surface area contributed by atoms with Crippen LogP contribution in [0.25, 0.3) is 0 Å². The van der Waals surface area contributed by atoms with Gasteiger partial charge in [-0.05, 0) is 62.3 Å². The van der Waals surface area contributed by atoms with Gasteiger partial charge in [-0.25, -0.2) is 0 Å². The number of hydrogen-bond acceptors (Lipinski definition) is 5. The summed E-state index contributed by atoms with van der Waals surface area (Å²) in [5.74, 6) is -0.113. The van der Waals surface area contributed by atoms with E-state index >= 15 is 0 Å². The zero-order valence-corrected chi connectivity index (χ0v) is 19.6. The molecule has 1 saturated heterocycles. The first-order chi connectivity index (χ1) is 16.1. The average molecular weight is 470 g/mol. The summed E-state index contributed by atoms with van der Waals surface area (Å²) in [5, 5.41) is 0. The van der Waals surface area contributed by atoms with Gasteiger partial charge in [-0.15, -0.1) is 11.3 Å². The number of amides is 3. The average Bonchev–Trinajstić information content (AvgIpc) is 3.23. The number of benzene rings is 1. The highest BCUT2D eigenvalue weighted by Crippen LogP contribution is 2.28. The topological polar surface area (TPSA) is 87.7 Å². The largest absolute Gasteiger partial charge is 0.484 e. The summed E-state index contributed by atoms with van der Waals surface area (Å²) in [6.45, 7) is 0.989. The Labute approximate surface area is 198 Å². The highest BCUT2D eigenvalue weighted by Gasteiger charge is 2.28.